The molecule has 0 fully saturated rings. The normalized spacial score (nSPS) is 11.7. The van der Waals surface area contributed by atoms with E-state index in [0.717, 1.165) is 21.3 Å². The number of anilines is 1. The van der Waals surface area contributed by atoms with Gasteiger partial charge in [0.15, 0.2) is 5.11 Å². The van der Waals surface area contributed by atoms with E-state index >= 15 is 0 Å². The van der Waals surface area contributed by atoms with E-state index in [2.05, 4.69) is 37.2 Å². The van der Waals surface area contributed by atoms with Gasteiger partial charge < -0.3 is 5.32 Å². The maximum atomic E-state index is 12.1. The Bertz CT molecular complexity index is 746. The monoisotopic (exact) mass is 409 g/mol. The maximum absolute atomic E-state index is 12.1. The van der Waals surface area contributed by atoms with Crippen molar-refractivity contribution in [2.24, 2.45) is 5.92 Å². The summed E-state index contributed by atoms with van der Waals surface area (Å²) < 4.78 is 2.59. The van der Waals surface area contributed by atoms with Crippen molar-refractivity contribution in [3.63, 3.8) is 0 Å². The predicted octanol–water partition coefficient (Wildman–Crippen LogP) is 2.92. The molecule has 1 aromatic heterocycles. The van der Waals surface area contributed by atoms with Crippen molar-refractivity contribution in [2.45, 2.75) is 27.3 Å². The summed E-state index contributed by atoms with van der Waals surface area (Å²) in [7, 11) is 0. The van der Waals surface area contributed by atoms with Gasteiger partial charge in [0.2, 0.25) is 5.91 Å². The number of benzene rings is 1. The summed E-state index contributed by atoms with van der Waals surface area (Å²) in [4.78, 5) is 12.1. The van der Waals surface area contributed by atoms with Gasteiger partial charge in [-0.1, -0.05) is 19.1 Å². The molecule has 0 aliphatic rings. The molecule has 0 aliphatic carbocycles. The van der Waals surface area contributed by atoms with Crippen molar-refractivity contribution in [3.05, 3.63) is 46.2 Å². The highest BCUT2D eigenvalue weighted by Crippen LogP contribution is 2.16. The van der Waals surface area contributed by atoms with Gasteiger partial charge in [-0.25, -0.2) is 0 Å². The molecule has 0 bridgehead atoms. The van der Waals surface area contributed by atoms with Crippen LogP contribution in [-0.4, -0.2) is 20.8 Å². The van der Waals surface area contributed by atoms with E-state index in [1.165, 1.54) is 0 Å². The quantitative estimate of drug-likeness (QED) is 0.534. The number of nitrogens with one attached hydrogen (secondary N) is 3. The number of hydrogen-bond donors (Lipinski definition) is 3. The summed E-state index contributed by atoms with van der Waals surface area (Å²) in [5, 5.41) is 7.56. The minimum Gasteiger partial charge on any atom is -0.331 e. The minimum atomic E-state index is -0.257. The number of hydrazine groups is 1. The smallest absolute Gasteiger partial charge is 0.243 e. The molecule has 0 unspecified atom stereocenters. The van der Waals surface area contributed by atoms with Crippen molar-refractivity contribution < 1.29 is 4.79 Å². The molecule has 0 aliphatic heterocycles. The zero-order valence-electron chi connectivity index (χ0n) is 13.8. The fourth-order valence-electron chi connectivity index (χ4n) is 2.07. The fourth-order valence-corrected chi connectivity index (χ4v) is 2.56. The number of amides is 1. The minimum absolute atomic E-state index is 0.160. The number of rotatable bonds is 4. The molecule has 0 radical (unpaired) electrons. The molecule has 2 rings (SSSR count). The lowest BCUT2D eigenvalue weighted by molar-refractivity contribution is -0.125. The molecule has 8 heteroatoms. The number of carbonyl (C=O) groups excluding carboxylic acids is 1. The van der Waals surface area contributed by atoms with Crippen LogP contribution < -0.4 is 16.2 Å². The van der Waals surface area contributed by atoms with Crippen molar-refractivity contribution in [2.75, 3.05) is 5.32 Å². The highest BCUT2D eigenvalue weighted by Gasteiger charge is 2.14. The van der Waals surface area contributed by atoms with Crippen LogP contribution in [0.1, 0.15) is 18.1 Å². The summed E-state index contributed by atoms with van der Waals surface area (Å²) in [5.41, 5.74) is 8.47. The van der Waals surface area contributed by atoms with E-state index < -0.39 is 0 Å². The van der Waals surface area contributed by atoms with Crippen molar-refractivity contribution >= 4 is 44.9 Å². The molecule has 0 spiro atoms. The van der Waals surface area contributed by atoms with E-state index in [-0.39, 0.29) is 11.8 Å². The number of aromatic nitrogens is 2. The van der Waals surface area contributed by atoms with Gasteiger partial charge in [0.25, 0.3) is 0 Å². The third-order valence-corrected chi connectivity index (χ3v) is 4.06. The van der Waals surface area contributed by atoms with Gasteiger partial charge in [0.05, 0.1) is 23.1 Å². The van der Waals surface area contributed by atoms with E-state index in [1.807, 2.05) is 45.2 Å². The summed E-state index contributed by atoms with van der Waals surface area (Å²) >= 11 is 8.55. The van der Waals surface area contributed by atoms with E-state index in [1.54, 1.807) is 10.9 Å². The van der Waals surface area contributed by atoms with Crippen LogP contribution in [0.4, 0.5) is 5.69 Å². The van der Waals surface area contributed by atoms with Crippen LogP contribution in [0.5, 0.6) is 0 Å². The highest BCUT2D eigenvalue weighted by molar-refractivity contribution is 9.10. The van der Waals surface area contributed by atoms with Crippen LogP contribution in [-0.2, 0) is 11.3 Å². The summed E-state index contributed by atoms with van der Waals surface area (Å²) in [6.07, 6.45) is 3.51. The Labute approximate surface area is 155 Å². The van der Waals surface area contributed by atoms with E-state index in [0.29, 0.717) is 11.7 Å². The molecule has 1 amide bonds. The second-order valence-electron chi connectivity index (χ2n) is 5.67. The Balaban J connectivity index is 1.82. The van der Waals surface area contributed by atoms with Gasteiger partial charge in [0.1, 0.15) is 0 Å². The van der Waals surface area contributed by atoms with E-state index in [4.69, 9.17) is 12.2 Å². The zero-order chi connectivity index (χ0) is 17.7. The molecule has 1 atom stereocenters. The average Bonchev–Trinajstić information content (AvgIpc) is 2.93. The summed E-state index contributed by atoms with van der Waals surface area (Å²) in [6.45, 7) is 6.31. The Kier molecular flexibility index (Phi) is 6.33. The average molecular weight is 410 g/mol. The van der Waals surface area contributed by atoms with Crippen LogP contribution >= 0.6 is 28.1 Å². The Morgan fingerprint density at radius 2 is 2.12 bits per heavy atom. The molecule has 6 nitrogen and oxygen atoms in total. The number of halogens is 1. The molecule has 3 N–H and O–H groups in total. The first-order valence-electron chi connectivity index (χ1n) is 7.47. The fraction of sp³-hybridized carbons (Fsp3) is 0.312. The molecule has 1 heterocycles. The number of carbonyl (C=O) groups is 1. The van der Waals surface area contributed by atoms with Gasteiger partial charge in [0, 0.05) is 11.9 Å². The van der Waals surface area contributed by atoms with Crippen LogP contribution in [0, 0.1) is 19.8 Å². The van der Waals surface area contributed by atoms with Gasteiger partial charge in [-0.05, 0) is 59.2 Å². The summed E-state index contributed by atoms with van der Waals surface area (Å²) in [6, 6.07) is 6.06. The zero-order valence-corrected chi connectivity index (χ0v) is 16.2. The Morgan fingerprint density at radius 3 is 2.79 bits per heavy atom. The van der Waals surface area contributed by atoms with Gasteiger partial charge >= 0.3 is 0 Å². The summed E-state index contributed by atoms with van der Waals surface area (Å²) in [5.74, 6) is -0.417. The lowest BCUT2D eigenvalue weighted by Crippen LogP contribution is -2.46. The first kappa shape index (κ1) is 18.4. The SMILES string of the molecule is Cc1ccc(C)c(NC(=S)NNC(=O)[C@H](C)Cn2cc(Br)cn2)c1. The molecule has 1 aromatic carbocycles. The molecule has 2 aromatic rings. The third kappa shape index (κ3) is 5.31. The van der Waals surface area contributed by atoms with Crippen LogP contribution in [0.25, 0.3) is 0 Å². The molecule has 0 saturated carbocycles. The Morgan fingerprint density at radius 1 is 1.38 bits per heavy atom. The first-order valence-corrected chi connectivity index (χ1v) is 8.67. The van der Waals surface area contributed by atoms with Crippen molar-refractivity contribution in [1.82, 2.24) is 20.6 Å². The highest BCUT2D eigenvalue weighted by atomic mass is 79.9. The second kappa shape index (κ2) is 8.25. The van der Waals surface area contributed by atoms with Crippen LogP contribution in [0.3, 0.4) is 0 Å². The number of nitrogens with zero attached hydrogens (tertiary/aromatic N) is 2. The van der Waals surface area contributed by atoms with E-state index in [9.17, 15) is 4.79 Å². The molecule has 0 saturated heterocycles. The van der Waals surface area contributed by atoms with Crippen molar-refractivity contribution in [3.8, 4) is 0 Å². The largest absolute Gasteiger partial charge is 0.331 e. The van der Waals surface area contributed by atoms with Gasteiger partial charge in [-0.3, -0.25) is 20.3 Å². The van der Waals surface area contributed by atoms with Gasteiger partial charge in [-0.15, -0.1) is 0 Å². The predicted molar refractivity (Wildman–Crippen MR) is 103 cm³/mol. The lowest BCUT2D eigenvalue weighted by atomic mass is 10.1. The number of hydrogen-bond acceptors (Lipinski definition) is 3. The third-order valence-electron chi connectivity index (χ3n) is 3.45. The number of thiocarbonyl (C=S) groups is 1. The lowest BCUT2D eigenvalue weighted by Gasteiger charge is -2.16. The Hall–Kier alpha value is -1.93. The molecular weight excluding hydrogens is 390 g/mol. The second-order valence-corrected chi connectivity index (χ2v) is 6.99. The first-order chi connectivity index (χ1) is 11.3. The van der Waals surface area contributed by atoms with Crippen LogP contribution in [0.2, 0.25) is 0 Å². The molecule has 128 valence electrons. The number of aryl methyl sites for hydroxylation is 2. The molecular formula is C16H20BrN5OS. The topological polar surface area (TPSA) is 71.0 Å². The van der Waals surface area contributed by atoms with Gasteiger partial charge in [-0.2, -0.15) is 5.10 Å². The standard InChI is InChI=1S/C16H20BrN5OS/c1-10-4-5-11(2)14(6-10)19-16(24)21-20-15(23)12(3)8-22-9-13(17)7-18-22/h4-7,9,12H,8H2,1-3H3,(H,20,23)(H2,19,21,24)/t12-/m1/s1. The molecule has 24 heavy (non-hydrogen) atoms. The maximum Gasteiger partial charge on any atom is 0.243 e. The van der Waals surface area contributed by atoms with Crippen molar-refractivity contribution in [1.29, 1.82) is 0 Å². The van der Waals surface area contributed by atoms with Crippen LogP contribution in [0.15, 0.2) is 35.1 Å².